The van der Waals surface area contributed by atoms with E-state index in [1.807, 2.05) is 4.90 Å². The second-order valence-corrected chi connectivity index (χ2v) is 8.77. The summed E-state index contributed by atoms with van der Waals surface area (Å²) in [6.07, 6.45) is 1.81. The van der Waals surface area contributed by atoms with Gasteiger partial charge in [-0.3, -0.25) is 9.59 Å². The van der Waals surface area contributed by atoms with Crippen LogP contribution in [-0.4, -0.2) is 40.1 Å². The third kappa shape index (κ3) is 4.96. The van der Waals surface area contributed by atoms with Crippen LogP contribution in [0.25, 0.3) is 0 Å². The van der Waals surface area contributed by atoms with Crippen molar-refractivity contribution < 1.29 is 27.9 Å². The monoisotopic (exact) mass is 426 g/mol. The molecule has 2 aliphatic carbocycles. The van der Waals surface area contributed by atoms with Crippen molar-refractivity contribution in [2.24, 2.45) is 11.7 Å². The van der Waals surface area contributed by atoms with Gasteiger partial charge in [-0.15, -0.1) is 0 Å². The zero-order valence-electron chi connectivity index (χ0n) is 17.1. The second-order valence-electron chi connectivity index (χ2n) is 8.77. The average Bonchev–Trinajstić information content (AvgIpc) is 3.51. The number of halogens is 3. The Kier molecular flexibility index (Phi) is 6.45. The van der Waals surface area contributed by atoms with E-state index in [2.05, 4.69) is 0 Å². The number of nitrogens with two attached hydrogens (primary N) is 1. The fourth-order valence-corrected chi connectivity index (χ4v) is 4.29. The third-order valence-electron chi connectivity index (χ3n) is 6.43. The van der Waals surface area contributed by atoms with Crippen molar-refractivity contribution in [3.8, 4) is 0 Å². The summed E-state index contributed by atoms with van der Waals surface area (Å²) in [5, 5.41) is 9.82. The summed E-state index contributed by atoms with van der Waals surface area (Å²) in [6, 6.07) is 5.37. The smallest absolute Gasteiger partial charge is 0.376 e. The number of carbonyl (C=O) groups is 2. The van der Waals surface area contributed by atoms with Gasteiger partial charge in [0.25, 0.3) is 5.91 Å². The van der Waals surface area contributed by atoms with E-state index < -0.39 is 11.8 Å². The largest absolute Gasteiger partial charge is 0.421 e. The molecule has 0 radical (unpaired) electrons. The van der Waals surface area contributed by atoms with E-state index in [9.17, 15) is 27.9 Å². The number of primary amides is 1. The molecule has 0 aliphatic heterocycles. The number of benzene rings is 1. The molecular formula is C22H29F3N2O3. The maximum atomic E-state index is 13.2. The van der Waals surface area contributed by atoms with Crippen molar-refractivity contribution in [2.75, 3.05) is 0 Å². The molecule has 5 nitrogen and oxygen atoms in total. The van der Waals surface area contributed by atoms with Crippen LogP contribution in [0.2, 0.25) is 0 Å². The lowest BCUT2D eigenvalue weighted by atomic mass is 9.82. The van der Waals surface area contributed by atoms with Gasteiger partial charge in [-0.2, -0.15) is 13.2 Å². The molecular weight excluding hydrogens is 397 g/mol. The van der Waals surface area contributed by atoms with Gasteiger partial charge in [-0.1, -0.05) is 12.1 Å². The molecule has 1 aromatic carbocycles. The van der Waals surface area contributed by atoms with Crippen LogP contribution in [0.1, 0.15) is 74.2 Å². The number of carbonyl (C=O) groups excluding carboxylic acids is 2. The van der Waals surface area contributed by atoms with Crippen LogP contribution in [0, 0.1) is 5.92 Å². The van der Waals surface area contributed by atoms with Gasteiger partial charge >= 0.3 is 6.18 Å². The van der Waals surface area contributed by atoms with Gasteiger partial charge in [-0.25, -0.2) is 0 Å². The first-order valence-electron chi connectivity index (χ1n) is 10.5. The lowest BCUT2D eigenvalue weighted by molar-refractivity contribution is -0.258. The molecule has 8 heteroatoms. The van der Waals surface area contributed by atoms with Crippen molar-refractivity contribution >= 4 is 11.8 Å². The highest BCUT2D eigenvalue weighted by atomic mass is 19.4. The summed E-state index contributed by atoms with van der Waals surface area (Å²) >= 11 is 0. The predicted octanol–water partition coefficient (Wildman–Crippen LogP) is 3.89. The predicted molar refractivity (Wildman–Crippen MR) is 105 cm³/mol. The minimum atomic E-state index is -4.80. The van der Waals surface area contributed by atoms with Gasteiger partial charge in [0, 0.05) is 24.1 Å². The van der Waals surface area contributed by atoms with Crippen molar-refractivity contribution in [3.63, 3.8) is 0 Å². The van der Waals surface area contributed by atoms with Gasteiger partial charge in [-0.05, 0) is 75.5 Å². The van der Waals surface area contributed by atoms with E-state index in [0.717, 1.165) is 44.9 Å². The molecule has 0 saturated heterocycles. The normalized spacial score (nSPS) is 24.2. The molecule has 2 amide bonds. The number of nitrogens with zero attached hydrogens (tertiary/aromatic N) is 1. The minimum absolute atomic E-state index is 0.104. The van der Waals surface area contributed by atoms with Crippen LogP contribution < -0.4 is 5.73 Å². The quantitative estimate of drug-likeness (QED) is 0.694. The van der Waals surface area contributed by atoms with Gasteiger partial charge in [0.1, 0.15) is 0 Å². The molecule has 30 heavy (non-hydrogen) atoms. The number of aliphatic hydroxyl groups is 1. The van der Waals surface area contributed by atoms with Gasteiger partial charge in [0.15, 0.2) is 5.60 Å². The van der Waals surface area contributed by atoms with Gasteiger partial charge in [0.2, 0.25) is 5.91 Å². The molecule has 0 heterocycles. The van der Waals surface area contributed by atoms with Crippen LogP contribution in [0.5, 0.6) is 0 Å². The Morgan fingerprint density at radius 1 is 1.03 bits per heavy atom. The molecule has 2 saturated carbocycles. The summed E-state index contributed by atoms with van der Waals surface area (Å²) < 4.78 is 39.1. The first-order valence-corrected chi connectivity index (χ1v) is 10.5. The topological polar surface area (TPSA) is 83.6 Å². The molecule has 2 aliphatic rings. The summed E-state index contributed by atoms with van der Waals surface area (Å²) in [6.45, 7) is 0.705. The number of rotatable bonds is 7. The number of amides is 2. The standard InChI is InChI=1S/C22H29F3N2O3/c1-21(30,22(23,24)25)16-7-5-15(6-8-16)20(29)27(18-11-12-18)17-9-2-14(3-10-17)4-13-19(26)28/h5-8,14,17-18,30H,2-4,9-13H2,1H3,(H2,26,28)/t14-,17-,21-/m0/s1. The second kappa shape index (κ2) is 8.57. The lowest BCUT2D eigenvalue weighted by Gasteiger charge is -2.37. The molecule has 3 N–H and O–H groups in total. The van der Waals surface area contributed by atoms with Crippen LogP contribution >= 0.6 is 0 Å². The summed E-state index contributed by atoms with van der Waals surface area (Å²) in [4.78, 5) is 26.1. The fourth-order valence-electron chi connectivity index (χ4n) is 4.29. The molecule has 0 unspecified atom stereocenters. The molecule has 1 atom stereocenters. The Labute approximate surface area is 174 Å². The highest BCUT2D eigenvalue weighted by molar-refractivity contribution is 5.95. The Balaban J connectivity index is 1.67. The van der Waals surface area contributed by atoms with Crippen LogP contribution in [-0.2, 0) is 10.4 Å². The maximum absolute atomic E-state index is 13.2. The maximum Gasteiger partial charge on any atom is 0.421 e. The zero-order valence-corrected chi connectivity index (χ0v) is 17.1. The molecule has 0 bridgehead atoms. The Morgan fingerprint density at radius 2 is 1.53 bits per heavy atom. The van der Waals surface area contributed by atoms with Crippen LogP contribution in [0.3, 0.4) is 0 Å². The van der Waals surface area contributed by atoms with Crippen molar-refractivity contribution in [2.45, 2.75) is 82.2 Å². The third-order valence-corrected chi connectivity index (χ3v) is 6.43. The lowest BCUT2D eigenvalue weighted by Crippen LogP contribution is -2.44. The zero-order chi connectivity index (χ0) is 22.1. The Hall–Kier alpha value is -2.09. The highest BCUT2D eigenvalue weighted by Gasteiger charge is 2.51. The van der Waals surface area contributed by atoms with Gasteiger partial charge in [0.05, 0.1) is 0 Å². The summed E-state index contributed by atoms with van der Waals surface area (Å²) in [5.74, 6) is -0.0232. The SMILES string of the molecule is C[C@](O)(c1ccc(C(=O)N(C2CC2)[C@H]2CC[C@H](CCC(N)=O)CC2)cc1)C(F)(F)F. The summed E-state index contributed by atoms with van der Waals surface area (Å²) in [7, 11) is 0. The minimum Gasteiger partial charge on any atom is -0.376 e. The summed E-state index contributed by atoms with van der Waals surface area (Å²) in [5.41, 5.74) is 2.31. The molecule has 3 rings (SSSR count). The van der Waals surface area contributed by atoms with E-state index in [-0.39, 0.29) is 29.5 Å². The highest BCUT2D eigenvalue weighted by Crippen LogP contribution is 2.40. The molecule has 0 spiro atoms. The first-order chi connectivity index (χ1) is 14.0. The Bertz CT molecular complexity index is 765. The van der Waals surface area contributed by atoms with E-state index in [1.54, 1.807) is 0 Å². The van der Waals surface area contributed by atoms with E-state index >= 15 is 0 Å². The molecule has 1 aromatic rings. The van der Waals surface area contributed by atoms with Crippen LogP contribution in [0.4, 0.5) is 13.2 Å². The number of alkyl halides is 3. The Morgan fingerprint density at radius 3 is 1.97 bits per heavy atom. The first kappa shape index (κ1) is 22.6. The molecule has 166 valence electrons. The number of hydrogen-bond donors (Lipinski definition) is 2. The van der Waals surface area contributed by atoms with E-state index in [0.29, 0.717) is 24.8 Å². The van der Waals surface area contributed by atoms with E-state index in [4.69, 9.17) is 5.73 Å². The van der Waals surface area contributed by atoms with Crippen molar-refractivity contribution in [1.82, 2.24) is 4.90 Å². The van der Waals surface area contributed by atoms with Crippen molar-refractivity contribution in [3.05, 3.63) is 35.4 Å². The molecule has 2 fully saturated rings. The fraction of sp³-hybridized carbons (Fsp3) is 0.636. The molecule has 0 aromatic heterocycles. The average molecular weight is 426 g/mol. The number of hydrogen-bond acceptors (Lipinski definition) is 3. The van der Waals surface area contributed by atoms with E-state index in [1.165, 1.54) is 24.3 Å². The van der Waals surface area contributed by atoms with Crippen molar-refractivity contribution in [1.29, 1.82) is 0 Å². The van der Waals surface area contributed by atoms with Crippen LogP contribution in [0.15, 0.2) is 24.3 Å². The van der Waals surface area contributed by atoms with Gasteiger partial charge < -0.3 is 15.7 Å².